The van der Waals surface area contributed by atoms with Gasteiger partial charge in [0.1, 0.15) is 0 Å². The smallest absolute Gasteiger partial charge is 0.254 e. The van der Waals surface area contributed by atoms with Gasteiger partial charge in [-0.2, -0.15) is 0 Å². The molecule has 0 saturated carbocycles. The number of hydrogen-bond donors (Lipinski definition) is 1. The lowest BCUT2D eigenvalue weighted by molar-refractivity contribution is -0.123. The third-order valence-corrected chi connectivity index (χ3v) is 4.34. The average Bonchev–Trinajstić information content (AvgIpc) is 2.88. The van der Waals surface area contributed by atoms with Crippen LogP contribution in [0.25, 0.3) is 10.9 Å². The van der Waals surface area contributed by atoms with Gasteiger partial charge in [-0.3, -0.25) is 9.59 Å². The van der Waals surface area contributed by atoms with Crippen molar-refractivity contribution in [1.29, 1.82) is 0 Å². The van der Waals surface area contributed by atoms with Crippen molar-refractivity contribution in [2.75, 3.05) is 13.1 Å². The van der Waals surface area contributed by atoms with Gasteiger partial charge >= 0.3 is 0 Å². The number of hydrogen-bond acceptors (Lipinski definition) is 2. The number of carbonyl (C=O) groups excluding carboxylic acids is 2. The summed E-state index contributed by atoms with van der Waals surface area (Å²) >= 11 is 0. The van der Waals surface area contributed by atoms with Gasteiger partial charge in [0.25, 0.3) is 5.91 Å². The van der Waals surface area contributed by atoms with Crippen LogP contribution in [-0.4, -0.2) is 34.4 Å². The van der Waals surface area contributed by atoms with Gasteiger partial charge in [-0.25, -0.2) is 0 Å². The number of nitrogens with zero attached hydrogens (tertiary/aromatic N) is 2. The second-order valence-corrected chi connectivity index (χ2v) is 5.63. The lowest BCUT2D eigenvalue weighted by Crippen LogP contribution is -2.41. The SMILES string of the molecule is Cn1ccc2c(C(=O)N3CCC(C(N)=O)CC3)cccc21. The largest absolute Gasteiger partial charge is 0.369 e. The molecule has 2 amide bonds. The summed E-state index contributed by atoms with van der Waals surface area (Å²) in [7, 11) is 1.97. The number of nitrogens with two attached hydrogens (primary N) is 1. The fourth-order valence-electron chi connectivity index (χ4n) is 3.03. The summed E-state index contributed by atoms with van der Waals surface area (Å²) in [6, 6.07) is 7.75. The first kappa shape index (κ1) is 13.7. The highest BCUT2D eigenvalue weighted by atomic mass is 16.2. The lowest BCUT2D eigenvalue weighted by atomic mass is 9.95. The van der Waals surface area contributed by atoms with E-state index in [1.165, 1.54) is 0 Å². The van der Waals surface area contributed by atoms with Gasteiger partial charge in [0, 0.05) is 48.7 Å². The number of piperidine rings is 1. The second kappa shape index (κ2) is 5.24. The van der Waals surface area contributed by atoms with E-state index in [-0.39, 0.29) is 17.7 Å². The zero-order chi connectivity index (χ0) is 15.0. The van der Waals surface area contributed by atoms with E-state index in [1.54, 1.807) is 0 Å². The minimum absolute atomic E-state index is 0.0368. The Morgan fingerprint density at radius 1 is 1.19 bits per heavy atom. The molecule has 1 aromatic carbocycles. The molecule has 0 radical (unpaired) electrons. The molecule has 2 heterocycles. The van der Waals surface area contributed by atoms with Crippen molar-refractivity contribution in [3.05, 3.63) is 36.0 Å². The van der Waals surface area contributed by atoms with Crippen LogP contribution < -0.4 is 5.73 Å². The molecule has 1 aliphatic heterocycles. The molecule has 1 saturated heterocycles. The number of aromatic nitrogens is 1. The Balaban J connectivity index is 1.83. The van der Waals surface area contributed by atoms with E-state index in [0.29, 0.717) is 25.9 Å². The Bertz CT molecular complexity index is 697. The molecule has 1 aliphatic rings. The molecule has 0 unspecified atom stereocenters. The normalized spacial score (nSPS) is 16.3. The van der Waals surface area contributed by atoms with Crippen LogP contribution in [0.3, 0.4) is 0 Å². The number of likely N-dealkylation sites (tertiary alicyclic amines) is 1. The summed E-state index contributed by atoms with van der Waals surface area (Å²) in [5.41, 5.74) is 7.11. The number of fused-ring (bicyclic) bond motifs is 1. The zero-order valence-corrected chi connectivity index (χ0v) is 12.1. The van der Waals surface area contributed by atoms with Gasteiger partial charge in [0.15, 0.2) is 0 Å². The van der Waals surface area contributed by atoms with Crippen molar-refractivity contribution in [1.82, 2.24) is 9.47 Å². The first-order valence-corrected chi connectivity index (χ1v) is 7.20. The molecule has 3 rings (SSSR count). The van der Waals surface area contributed by atoms with Crippen LogP contribution >= 0.6 is 0 Å². The molecule has 5 nitrogen and oxygen atoms in total. The van der Waals surface area contributed by atoms with Crippen molar-refractivity contribution in [3.63, 3.8) is 0 Å². The summed E-state index contributed by atoms with van der Waals surface area (Å²) in [4.78, 5) is 25.7. The lowest BCUT2D eigenvalue weighted by Gasteiger charge is -2.30. The van der Waals surface area contributed by atoms with E-state index < -0.39 is 0 Å². The van der Waals surface area contributed by atoms with E-state index in [0.717, 1.165) is 16.5 Å². The number of aryl methyl sites for hydroxylation is 1. The Morgan fingerprint density at radius 3 is 2.57 bits per heavy atom. The van der Waals surface area contributed by atoms with Crippen molar-refractivity contribution in [2.45, 2.75) is 12.8 Å². The monoisotopic (exact) mass is 285 g/mol. The third-order valence-electron chi connectivity index (χ3n) is 4.34. The van der Waals surface area contributed by atoms with E-state index in [4.69, 9.17) is 5.73 Å². The summed E-state index contributed by atoms with van der Waals surface area (Å²) in [6.07, 6.45) is 3.28. The fraction of sp³-hybridized carbons (Fsp3) is 0.375. The predicted molar refractivity (Wildman–Crippen MR) is 80.7 cm³/mol. The van der Waals surface area contributed by atoms with E-state index in [9.17, 15) is 9.59 Å². The van der Waals surface area contributed by atoms with Crippen LogP contribution in [-0.2, 0) is 11.8 Å². The molecular formula is C16H19N3O2. The van der Waals surface area contributed by atoms with Gasteiger partial charge in [-0.1, -0.05) is 6.07 Å². The standard InChI is InChI=1S/C16H19N3O2/c1-18-8-7-12-13(3-2-4-14(12)18)16(21)19-9-5-11(6-10-19)15(17)20/h2-4,7-8,11H,5-6,9-10H2,1H3,(H2,17,20). The van der Waals surface area contributed by atoms with Crippen LogP contribution in [0, 0.1) is 5.92 Å². The molecule has 0 atom stereocenters. The Hall–Kier alpha value is -2.30. The maximum Gasteiger partial charge on any atom is 0.254 e. The topological polar surface area (TPSA) is 68.3 Å². The number of benzene rings is 1. The Morgan fingerprint density at radius 2 is 1.90 bits per heavy atom. The van der Waals surface area contributed by atoms with E-state index >= 15 is 0 Å². The van der Waals surface area contributed by atoms with Crippen LogP contribution in [0.1, 0.15) is 23.2 Å². The summed E-state index contributed by atoms with van der Waals surface area (Å²) in [5.74, 6) is -0.316. The quantitative estimate of drug-likeness (QED) is 0.909. The maximum absolute atomic E-state index is 12.7. The van der Waals surface area contributed by atoms with Crippen molar-refractivity contribution in [3.8, 4) is 0 Å². The summed E-state index contributed by atoms with van der Waals surface area (Å²) in [6.45, 7) is 1.19. The first-order chi connectivity index (χ1) is 10.1. The molecular weight excluding hydrogens is 266 g/mol. The molecule has 1 aromatic heterocycles. The minimum atomic E-state index is -0.257. The van der Waals surface area contributed by atoms with Crippen LogP contribution in [0.2, 0.25) is 0 Å². The number of primary amides is 1. The maximum atomic E-state index is 12.7. The molecule has 110 valence electrons. The van der Waals surface area contributed by atoms with Crippen molar-refractivity contribution < 1.29 is 9.59 Å². The fourth-order valence-corrected chi connectivity index (χ4v) is 3.03. The molecule has 21 heavy (non-hydrogen) atoms. The molecule has 1 fully saturated rings. The average molecular weight is 285 g/mol. The van der Waals surface area contributed by atoms with Gasteiger partial charge in [0.2, 0.25) is 5.91 Å². The Labute approximate surface area is 123 Å². The van der Waals surface area contributed by atoms with Crippen molar-refractivity contribution >= 4 is 22.7 Å². The van der Waals surface area contributed by atoms with E-state index in [1.807, 2.05) is 47.0 Å². The highest BCUT2D eigenvalue weighted by molar-refractivity contribution is 6.06. The van der Waals surface area contributed by atoms with Gasteiger partial charge in [0.05, 0.1) is 0 Å². The highest BCUT2D eigenvalue weighted by Gasteiger charge is 2.27. The molecule has 0 bridgehead atoms. The molecule has 2 N–H and O–H groups in total. The summed E-state index contributed by atoms with van der Waals surface area (Å²) < 4.78 is 2.01. The number of carbonyl (C=O) groups is 2. The summed E-state index contributed by atoms with van der Waals surface area (Å²) in [5, 5.41) is 0.974. The molecule has 2 aromatic rings. The molecule has 0 aliphatic carbocycles. The number of amides is 2. The molecule has 0 spiro atoms. The number of rotatable bonds is 2. The van der Waals surface area contributed by atoms with Gasteiger partial charge in [-0.15, -0.1) is 0 Å². The minimum Gasteiger partial charge on any atom is -0.369 e. The highest BCUT2D eigenvalue weighted by Crippen LogP contribution is 2.23. The van der Waals surface area contributed by atoms with Crippen LogP contribution in [0.4, 0.5) is 0 Å². The van der Waals surface area contributed by atoms with Crippen LogP contribution in [0.5, 0.6) is 0 Å². The zero-order valence-electron chi connectivity index (χ0n) is 12.1. The first-order valence-electron chi connectivity index (χ1n) is 7.20. The second-order valence-electron chi connectivity index (χ2n) is 5.63. The van der Waals surface area contributed by atoms with Gasteiger partial charge < -0.3 is 15.2 Å². The van der Waals surface area contributed by atoms with E-state index in [2.05, 4.69) is 0 Å². The Kier molecular flexibility index (Phi) is 3.41. The predicted octanol–water partition coefficient (Wildman–Crippen LogP) is 1.52. The third kappa shape index (κ3) is 2.39. The molecule has 5 heteroatoms. The van der Waals surface area contributed by atoms with Crippen LogP contribution in [0.15, 0.2) is 30.5 Å². The van der Waals surface area contributed by atoms with Crippen molar-refractivity contribution in [2.24, 2.45) is 18.7 Å². The van der Waals surface area contributed by atoms with Gasteiger partial charge in [-0.05, 0) is 31.0 Å².